The Bertz CT molecular complexity index is 1920. The number of carbonyl (C=O) groups is 1. The summed E-state index contributed by atoms with van der Waals surface area (Å²) in [6.45, 7) is 4.22. The van der Waals surface area contributed by atoms with Crippen LogP contribution in [0.3, 0.4) is 0 Å². The molecule has 13 nitrogen and oxygen atoms in total. The molecule has 2 aromatic carbocycles. The smallest absolute Gasteiger partial charge is 0.262 e. The van der Waals surface area contributed by atoms with Gasteiger partial charge in [-0.1, -0.05) is 35.5 Å². The van der Waals surface area contributed by atoms with Gasteiger partial charge in [0.15, 0.2) is 23.3 Å². The van der Waals surface area contributed by atoms with Crippen LogP contribution in [0.2, 0.25) is 5.02 Å². The summed E-state index contributed by atoms with van der Waals surface area (Å²) in [4.78, 5) is 38.9. The summed E-state index contributed by atoms with van der Waals surface area (Å²) in [7, 11) is 2.93. The molecule has 1 aromatic heterocycles. The van der Waals surface area contributed by atoms with Gasteiger partial charge in [-0.2, -0.15) is 0 Å². The van der Waals surface area contributed by atoms with Gasteiger partial charge < -0.3 is 46.3 Å². The SMILES string of the molecule is COc1cc(C2=CN(C)C(=C=O)C(C(=O)Nc3cccc(Sc4ncc(N5CCC6(CC5)CO[C@@H](C)[C@H]6N)nc4N)c3Cl)=C2O)ccc1O. The van der Waals surface area contributed by atoms with Gasteiger partial charge in [-0.25, -0.2) is 14.8 Å². The van der Waals surface area contributed by atoms with Crippen molar-refractivity contribution in [2.24, 2.45) is 11.1 Å². The highest BCUT2D eigenvalue weighted by Gasteiger charge is 2.47. The van der Waals surface area contributed by atoms with Gasteiger partial charge in [0, 0.05) is 48.3 Å². The molecule has 1 amide bonds. The molecule has 0 unspecified atom stereocenters. The Morgan fingerprint density at radius 2 is 2.00 bits per heavy atom. The molecule has 7 N–H and O–H groups in total. The minimum absolute atomic E-state index is 0.00858. The number of allylic oxidation sites excluding steroid dienone is 1. The summed E-state index contributed by atoms with van der Waals surface area (Å²) in [6.07, 6.45) is 4.99. The van der Waals surface area contributed by atoms with Crippen LogP contribution in [-0.2, 0) is 14.3 Å². The first-order valence-corrected chi connectivity index (χ1v) is 16.7. The van der Waals surface area contributed by atoms with Crippen LogP contribution in [-0.4, -0.2) is 82.9 Å². The molecule has 0 bridgehead atoms. The molecule has 2 fully saturated rings. The van der Waals surface area contributed by atoms with Gasteiger partial charge in [0.1, 0.15) is 27.9 Å². The van der Waals surface area contributed by atoms with Crippen LogP contribution in [0.5, 0.6) is 11.5 Å². The number of ether oxygens (including phenoxy) is 2. The van der Waals surface area contributed by atoms with Gasteiger partial charge in [0.2, 0.25) is 0 Å². The normalized spacial score (nSPS) is 20.3. The monoisotopic (exact) mass is 705 g/mol. The summed E-state index contributed by atoms with van der Waals surface area (Å²) in [6, 6.07) is 9.47. The lowest BCUT2D eigenvalue weighted by atomic mass is 9.73. The summed E-state index contributed by atoms with van der Waals surface area (Å²) >= 11 is 7.95. The number of anilines is 3. The molecule has 2 atom stereocenters. The van der Waals surface area contributed by atoms with Crippen LogP contribution in [0.4, 0.5) is 17.3 Å². The summed E-state index contributed by atoms with van der Waals surface area (Å²) in [5.41, 5.74) is 13.2. The number of carbonyl (C=O) groups excluding carboxylic acids is 2. The van der Waals surface area contributed by atoms with Crippen LogP contribution >= 0.6 is 23.4 Å². The first-order valence-electron chi connectivity index (χ1n) is 15.5. The molecule has 256 valence electrons. The number of likely N-dealkylation sites (N-methyl/N-ethyl adjacent to an activating group) is 1. The molecule has 2 saturated heterocycles. The number of nitrogens with zero attached hydrogens (tertiary/aromatic N) is 4. The standard InChI is InChI=1S/C34H36ClN7O6S/c1-18-30(36)34(17-48-18)9-11-42(12-10-34)26-14-38-33(31(37)40-26)49-25-6-4-5-21(28(25)35)39-32(46)27-22(16-43)41(2)15-20(29(27)45)19-7-8-23(44)24(13-19)47-3/h4-8,13-15,18,30,44-45H,9-12,17,36H2,1-3H3,(H2,37,40)(H,39,46)/t18-,30+/m0/s1. The number of aliphatic hydroxyl groups excluding tert-OH is 1. The number of methoxy groups -OCH3 is 1. The average molecular weight is 706 g/mol. The topological polar surface area (TPSA) is 189 Å². The van der Waals surface area contributed by atoms with Crippen LogP contribution in [0.1, 0.15) is 25.3 Å². The number of phenolic OH excluding ortho intramolecular Hbond substituents is 1. The average Bonchev–Trinajstić information content (AvgIpc) is 3.36. The van der Waals surface area contributed by atoms with E-state index in [1.807, 2.05) is 6.92 Å². The molecule has 4 heterocycles. The largest absolute Gasteiger partial charge is 0.506 e. The van der Waals surface area contributed by atoms with Crippen molar-refractivity contribution in [2.75, 3.05) is 49.8 Å². The fourth-order valence-corrected chi connectivity index (χ4v) is 7.48. The number of hydrogen-bond acceptors (Lipinski definition) is 13. The van der Waals surface area contributed by atoms with Gasteiger partial charge >= 0.3 is 0 Å². The number of aromatic nitrogens is 2. The number of nitrogens with two attached hydrogens (primary N) is 2. The molecule has 3 aliphatic heterocycles. The van der Waals surface area contributed by atoms with Crippen molar-refractivity contribution < 1.29 is 29.3 Å². The quantitative estimate of drug-likeness (QED) is 0.218. The van der Waals surface area contributed by atoms with Crippen molar-refractivity contribution in [1.82, 2.24) is 14.9 Å². The fraction of sp³-hybridized carbons (Fsp3) is 0.324. The van der Waals surface area contributed by atoms with E-state index in [1.54, 1.807) is 43.5 Å². The molecule has 0 saturated carbocycles. The number of nitrogen functional groups attached to an aromatic ring is 1. The maximum absolute atomic E-state index is 13.7. The first kappa shape index (κ1) is 34.2. The number of piperidine rings is 1. The Kier molecular flexibility index (Phi) is 9.52. The number of amides is 1. The maximum atomic E-state index is 13.7. The zero-order valence-electron chi connectivity index (χ0n) is 27.1. The number of rotatable bonds is 7. The molecule has 3 aromatic rings. The fourth-order valence-electron chi connectivity index (χ4n) is 6.38. The predicted molar refractivity (Wildman–Crippen MR) is 187 cm³/mol. The second-order valence-electron chi connectivity index (χ2n) is 12.2. The third kappa shape index (κ3) is 6.41. The van der Waals surface area contributed by atoms with E-state index in [4.69, 9.17) is 32.5 Å². The molecule has 0 aliphatic carbocycles. The Morgan fingerprint density at radius 3 is 2.65 bits per heavy atom. The lowest BCUT2D eigenvalue weighted by Gasteiger charge is -2.41. The van der Waals surface area contributed by atoms with E-state index in [2.05, 4.69) is 20.2 Å². The van der Waals surface area contributed by atoms with E-state index in [0.29, 0.717) is 27.9 Å². The zero-order chi connectivity index (χ0) is 35.0. The van der Waals surface area contributed by atoms with Crippen molar-refractivity contribution in [3.8, 4) is 11.5 Å². The maximum Gasteiger partial charge on any atom is 0.262 e. The van der Waals surface area contributed by atoms with Gasteiger partial charge in [-0.05, 0) is 49.6 Å². The van der Waals surface area contributed by atoms with E-state index in [0.717, 1.165) is 25.9 Å². The highest BCUT2D eigenvalue weighted by Crippen LogP contribution is 2.43. The van der Waals surface area contributed by atoms with Crippen LogP contribution in [0.15, 0.2) is 75.7 Å². The Labute approximate surface area is 292 Å². The van der Waals surface area contributed by atoms with Crippen LogP contribution < -0.4 is 26.4 Å². The van der Waals surface area contributed by atoms with E-state index in [1.165, 1.54) is 42.1 Å². The molecular weight excluding hydrogens is 670 g/mol. The van der Waals surface area contributed by atoms with Crippen molar-refractivity contribution in [3.63, 3.8) is 0 Å². The summed E-state index contributed by atoms with van der Waals surface area (Å²) in [5, 5.41) is 24.6. The second kappa shape index (κ2) is 13.7. The number of benzene rings is 2. The van der Waals surface area contributed by atoms with E-state index < -0.39 is 11.7 Å². The second-order valence-corrected chi connectivity index (χ2v) is 13.6. The van der Waals surface area contributed by atoms with Gasteiger partial charge in [0.25, 0.3) is 5.91 Å². The van der Waals surface area contributed by atoms with Crippen LogP contribution in [0.25, 0.3) is 5.57 Å². The van der Waals surface area contributed by atoms with Crippen molar-refractivity contribution in [1.29, 1.82) is 0 Å². The number of aromatic hydroxyl groups is 1. The molecule has 3 aliphatic rings. The van der Waals surface area contributed by atoms with Crippen molar-refractivity contribution in [3.05, 3.63) is 76.4 Å². The third-order valence-corrected chi connectivity index (χ3v) is 10.9. The molecule has 0 radical (unpaired) electrons. The highest BCUT2D eigenvalue weighted by molar-refractivity contribution is 7.99. The van der Waals surface area contributed by atoms with Gasteiger partial charge in [-0.15, -0.1) is 0 Å². The van der Waals surface area contributed by atoms with Gasteiger partial charge in [0.05, 0.1) is 36.7 Å². The number of nitrogens with one attached hydrogen (secondary N) is 1. The summed E-state index contributed by atoms with van der Waals surface area (Å²) in [5.74, 6) is 1.44. The van der Waals surface area contributed by atoms with Crippen molar-refractivity contribution in [2.45, 2.75) is 41.8 Å². The molecule has 1 spiro atoms. The third-order valence-electron chi connectivity index (χ3n) is 9.32. The number of aliphatic hydroxyl groups is 1. The highest BCUT2D eigenvalue weighted by atomic mass is 35.5. The predicted octanol–water partition coefficient (Wildman–Crippen LogP) is 4.36. The molecule has 49 heavy (non-hydrogen) atoms. The number of hydrogen-bond donors (Lipinski definition) is 5. The number of phenols is 1. The van der Waals surface area contributed by atoms with Crippen LogP contribution in [0, 0.1) is 5.41 Å². The minimum atomic E-state index is -0.797. The van der Waals surface area contributed by atoms with Gasteiger partial charge in [-0.3, -0.25) is 4.79 Å². The Balaban J connectivity index is 1.19. The molecular formula is C34H36ClN7O6S. The summed E-state index contributed by atoms with van der Waals surface area (Å²) < 4.78 is 11.0. The van der Waals surface area contributed by atoms with E-state index in [-0.39, 0.29) is 62.4 Å². The lowest BCUT2D eigenvalue weighted by Crippen LogP contribution is -2.50. The van der Waals surface area contributed by atoms with Crippen molar-refractivity contribution >= 4 is 58.1 Å². The van der Waals surface area contributed by atoms with E-state index in [9.17, 15) is 19.8 Å². The molecule has 15 heteroatoms. The lowest BCUT2D eigenvalue weighted by molar-refractivity contribution is -0.112. The minimum Gasteiger partial charge on any atom is -0.506 e. The Morgan fingerprint density at radius 1 is 1.24 bits per heavy atom. The first-order chi connectivity index (χ1) is 23.5. The van der Waals surface area contributed by atoms with E-state index >= 15 is 0 Å². The molecule has 6 rings (SSSR count). The zero-order valence-corrected chi connectivity index (χ0v) is 28.6. The Hall–Kier alpha value is -4.72. The number of halogens is 1.